The van der Waals surface area contributed by atoms with Crippen LogP contribution in [0, 0.1) is 0 Å². The van der Waals surface area contributed by atoms with Crippen LogP contribution < -0.4 is 0 Å². The van der Waals surface area contributed by atoms with Crippen molar-refractivity contribution >= 4 is 68.8 Å². The summed E-state index contributed by atoms with van der Waals surface area (Å²) in [6.07, 6.45) is -1.51. The van der Waals surface area contributed by atoms with Crippen LogP contribution in [0.25, 0.3) is 0 Å². The van der Waals surface area contributed by atoms with Gasteiger partial charge in [-0.25, -0.2) is 4.28 Å². The van der Waals surface area contributed by atoms with Crippen LogP contribution in [0.15, 0.2) is 35.5 Å². The van der Waals surface area contributed by atoms with Crippen molar-refractivity contribution in [2.75, 3.05) is 6.61 Å². The van der Waals surface area contributed by atoms with E-state index < -0.39 is 81.8 Å². The molecule has 10 nitrogen and oxygen atoms in total. The number of nitrogens with zero attached hydrogens (tertiary/aromatic N) is 1. The smallest absolute Gasteiger partial charge is 0.415 e. The summed E-state index contributed by atoms with van der Waals surface area (Å²) in [5.74, 6) is 0. The number of thioether (sulfide) groups is 1. The second kappa shape index (κ2) is 16.2. The van der Waals surface area contributed by atoms with Crippen LogP contribution in [0.1, 0.15) is 5.56 Å². The fourth-order valence-electron chi connectivity index (χ4n) is 4.47. The Morgan fingerprint density at radius 3 is 1.70 bits per heavy atom. The highest BCUT2D eigenvalue weighted by atomic mass is 32.3. The molecule has 0 bridgehead atoms. The van der Waals surface area contributed by atoms with E-state index in [0.717, 1.165) is 5.56 Å². The quantitative estimate of drug-likeness (QED) is 0.0721. The van der Waals surface area contributed by atoms with Gasteiger partial charge in [-0.2, -0.15) is 8.42 Å². The molecule has 1 aromatic rings. The van der Waals surface area contributed by atoms with Gasteiger partial charge in [0, 0.05) is 6.42 Å². The molecule has 46 heavy (non-hydrogen) atoms. The van der Waals surface area contributed by atoms with Gasteiger partial charge < -0.3 is 22.4 Å². The minimum atomic E-state index is -4.36. The lowest BCUT2D eigenvalue weighted by atomic mass is 10.0. The lowest BCUT2D eigenvalue weighted by Crippen LogP contribution is -2.65. The summed E-state index contributed by atoms with van der Waals surface area (Å²) in [7, 11) is -15.2. The normalized spacial score (nSPS) is 24.2. The lowest BCUT2D eigenvalue weighted by molar-refractivity contribution is -0.188. The van der Waals surface area contributed by atoms with E-state index >= 15 is 0 Å². The number of benzene rings is 1. The molecule has 0 saturated carbocycles. The van der Waals surface area contributed by atoms with Crippen LogP contribution in [-0.2, 0) is 47.4 Å². The molecule has 1 heterocycles. The van der Waals surface area contributed by atoms with Crippen LogP contribution in [0.3, 0.4) is 0 Å². The maximum Gasteiger partial charge on any atom is 0.459 e. The number of rotatable bonds is 16. The zero-order chi connectivity index (χ0) is 35.4. The number of hydrogen-bond donors (Lipinski definition) is 0. The third-order valence-corrected chi connectivity index (χ3v) is 13.9. The summed E-state index contributed by atoms with van der Waals surface area (Å²) in [5.41, 5.74) is 0.323. The molecule has 0 aromatic heterocycles. The van der Waals surface area contributed by atoms with Crippen molar-refractivity contribution in [3.63, 3.8) is 0 Å². The van der Waals surface area contributed by atoms with Gasteiger partial charge >= 0.3 is 10.4 Å². The molecular weight excluding hydrogens is 711 g/mol. The van der Waals surface area contributed by atoms with Gasteiger partial charge in [0.25, 0.3) is 0 Å². The van der Waals surface area contributed by atoms with Crippen molar-refractivity contribution in [2.24, 2.45) is 5.16 Å². The summed E-state index contributed by atoms with van der Waals surface area (Å²) in [6.45, 7) is 31.5. The Balaban J connectivity index is 2.67. The van der Waals surface area contributed by atoms with Gasteiger partial charge in [0.15, 0.2) is 33.3 Å². The van der Waals surface area contributed by atoms with Gasteiger partial charge in [-0.1, -0.05) is 47.2 Å². The molecule has 5 unspecified atom stereocenters. The van der Waals surface area contributed by atoms with Crippen LogP contribution in [0.4, 0.5) is 0 Å². The fraction of sp³-hybridized carbons (Fsp3) is 0.759. The van der Waals surface area contributed by atoms with E-state index in [2.05, 4.69) is 83.7 Å². The number of hydrogen-bond acceptors (Lipinski definition) is 11. The highest BCUT2D eigenvalue weighted by Gasteiger charge is 2.52. The molecule has 0 aliphatic carbocycles. The van der Waals surface area contributed by atoms with Crippen LogP contribution in [0.2, 0.25) is 98.2 Å². The third kappa shape index (κ3) is 17.0. The van der Waals surface area contributed by atoms with E-state index in [4.69, 9.17) is 30.6 Å². The van der Waals surface area contributed by atoms with Crippen molar-refractivity contribution in [3.05, 3.63) is 35.9 Å². The van der Waals surface area contributed by atoms with Crippen molar-refractivity contribution in [1.29, 1.82) is 0 Å². The Morgan fingerprint density at radius 1 is 0.717 bits per heavy atom. The summed E-state index contributed by atoms with van der Waals surface area (Å²) in [6, 6.07) is 9.70. The van der Waals surface area contributed by atoms with E-state index in [1.165, 1.54) is 11.8 Å². The minimum Gasteiger partial charge on any atom is -0.415 e. The first-order valence-corrected chi connectivity index (χ1v) is 35.1. The van der Waals surface area contributed by atoms with Gasteiger partial charge in [-0.05, 0) is 104 Å². The highest BCUT2D eigenvalue weighted by Crippen LogP contribution is 2.39. The summed E-state index contributed by atoms with van der Waals surface area (Å²) >= 11 is 1.29. The average Bonchev–Trinajstić information content (AvgIpc) is 2.81. The van der Waals surface area contributed by atoms with E-state index in [1.807, 2.05) is 30.3 Å². The van der Waals surface area contributed by atoms with Crippen LogP contribution in [-0.4, -0.2) is 91.5 Å². The van der Waals surface area contributed by atoms with Crippen molar-refractivity contribution in [1.82, 2.24) is 0 Å². The van der Waals surface area contributed by atoms with Gasteiger partial charge in [-0.15, -0.1) is 0 Å². The predicted octanol–water partition coefficient (Wildman–Crippen LogP) is 7.63. The molecule has 1 saturated heterocycles. The summed E-state index contributed by atoms with van der Waals surface area (Å²) in [5, 5.41) is 4.58. The van der Waals surface area contributed by atoms with E-state index in [-0.39, 0.29) is 0 Å². The highest BCUT2D eigenvalue weighted by molar-refractivity contribution is 8.14. The van der Waals surface area contributed by atoms with Crippen molar-refractivity contribution in [2.45, 2.75) is 134 Å². The van der Waals surface area contributed by atoms with E-state index in [9.17, 15) is 8.42 Å². The van der Waals surface area contributed by atoms with Crippen LogP contribution in [0.5, 0.6) is 0 Å². The predicted molar refractivity (Wildman–Crippen MR) is 202 cm³/mol. The SMILES string of the molecule is C[Si](C)(C)OCC1OC(SC(Cc2ccccc2)=NOS(=O)(=O)O[Si](C)(C)C)C(O[Si](C)(C)C)C(O[Si](C)(C)C)C1O[Si](C)(C)C. The second-order valence-corrected chi connectivity index (χ2v) is 41.4. The monoisotopic (exact) mass is 769 g/mol. The molecule has 0 radical (unpaired) electrons. The standard InChI is InChI=1S/C29H59NO9S2Si5/c1-42(2,3)33-22-24-26(35-43(4,5)6)27(36-44(7,8)9)28(37-45(10,11)12)29(34-24)40-25(21-23-19-17-16-18-20-23)30-38-41(31,32)39-46(13,14)15/h16-20,24,26-29H,21-22H2,1-15H3. The topological polar surface area (TPSA) is 111 Å². The third-order valence-electron chi connectivity index (χ3n) is 5.77. The maximum absolute atomic E-state index is 12.7. The van der Waals surface area contributed by atoms with Gasteiger partial charge in [0.1, 0.15) is 34.9 Å². The fourth-order valence-corrected chi connectivity index (χ4v) is 12.4. The molecular formula is C29H59NO9S2Si5. The summed E-state index contributed by atoms with van der Waals surface area (Å²) in [4.78, 5) is 0. The van der Waals surface area contributed by atoms with Gasteiger partial charge in [0.2, 0.25) is 8.32 Å². The van der Waals surface area contributed by atoms with E-state index in [1.54, 1.807) is 19.6 Å². The molecule has 5 atom stereocenters. The Kier molecular flexibility index (Phi) is 14.8. The van der Waals surface area contributed by atoms with Gasteiger partial charge in [0.05, 0.1) is 6.61 Å². The first-order chi connectivity index (χ1) is 20.6. The Bertz CT molecular complexity index is 1240. The molecule has 1 fully saturated rings. The average molecular weight is 770 g/mol. The lowest BCUT2D eigenvalue weighted by Gasteiger charge is -2.51. The van der Waals surface area contributed by atoms with Crippen molar-refractivity contribution < 1.29 is 39.0 Å². The first-order valence-electron chi connectivity index (χ1n) is 15.9. The zero-order valence-corrected chi connectivity index (χ0v) is 37.3. The molecule has 266 valence electrons. The molecule has 17 heteroatoms. The maximum atomic E-state index is 12.7. The zero-order valence-electron chi connectivity index (χ0n) is 30.6. The molecule has 1 aromatic carbocycles. The first kappa shape index (κ1) is 42.0. The molecule has 2 rings (SSSR count). The molecule has 0 amide bonds. The number of ether oxygens (including phenoxy) is 1. The largest absolute Gasteiger partial charge is 0.459 e. The Morgan fingerprint density at radius 2 is 1.22 bits per heavy atom. The molecule has 0 N–H and O–H groups in total. The van der Waals surface area contributed by atoms with E-state index in [0.29, 0.717) is 18.1 Å². The van der Waals surface area contributed by atoms with Crippen molar-refractivity contribution in [3.8, 4) is 0 Å². The molecule has 1 aliphatic rings. The second-order valence-electron chi connectivity index (χ2n) is 16.5. The molecule has 1 aliphatic heterocycles. The van der Waals surface area contributed by atoms with Gasteiger partial charge in [-0.3, -0.25) is 3.87 Å². The Hall–Kier alpha value is -0.166. The minimum absolute atomic E-state index is 0.317. The summed E-state index contributed by atoms with van der Waals surface area (Å²) < 4.78 is 70.0. The number of oxime groups is 1. The molecule has 0 spiro atoms. The van der Waals surface area contributed by atoms with Crippen LogP contribution >= 0.6 is 11.8 Å². The Labute approximate surface area is 288 Å².